The molecule has 0 spiro atoms. The molecule has 2 aromatic rings. The first kappa shape index (κ1) is 23.1. The van der Waals surface area contributed by atoms with E-state index in [4.69, 9.17) is 9.47 Å². The highest BCUT2D eigenvalue weighted by Crippen LogP contribution is 2.25. The lowest BCUT2D eigenvalue weighted by Gasteiger charge is -2.24. The Kier molecular flexibility index (Phi) is 9.00. The SMILES string of the molecule is COc1ccc(CN(C)C(=NCC(=O)N(C)C)NCCc2ccccc2)c(OC)c1. The van der Waals surface area contributed by atoms with Crippen molar-refractivity contribution in [1.29, 1.82) is 0 Å². The molecule has 7 nitrogen and oxygen atoms in total. The van der Waals surface area contributed by atoms with Gasteiger partial charge in [-0.05, 0) is 24.1 Å². The van der Waals surface area contributed by atoms with Crippen LogP contribution in [0.3, 0.4) is 0 Å². The molecule has 0 unspecified atom stereocenters. The fraction of sp³-hybridized carbons (Fsp3) is 0.391. The first-order chi connectivity index (χ1) is 14.4. The van der Waals surface area contributed by atoms with Crippen LogP contribution >= 0.6 is 0 Å². The molecular formula is C23H32N4O3. The number of guanidine groups is 1. The number of amides is 1. The maximum Gasteiger partial charge on any atom is 0.243 e. The number of aliphatic imine (C=N–C) groups is 1. The van der Waals surface area contributed by atoms with E-state index in [0.717, 1.165) is 23.5 Å². The van der Waals surface area contributed by atoms with Crippen molar-refractivity contribution in [3.05, 3.63) is 59.7 Å². The molecule has 0 aliphatic heterocycles. The van der Waals surface area contributed by atoms with Crippen molar-refractivity contribution >= 4 is 11.9 Å². The van der Waals surface area contributed by atoms with E-state index in [2.05, 4.69) is 22.4 Å². The number of likely N-dealkylation sites (N-methyl/N-ethyl adjacent to an activating group) is 1. The lowest BCUT2D eigenvalue weighted by atomic mass is 10.1. The number of rotatable bonds is 9. The van der Waals surface area contributed by atoms with Gasteiger partial charge in [-0.1, -0.05) is 30.3 Å². The molecule has 0 heterocycles. The molecule has 0 aliphatic carbocycles. The molecule has 1 N–H and O–H groups in total. The van der Waals surface area contributed by atoms with Crippen LogP contribution in [0, 0.1) is 0 Å². The molecule has 0 radical (unpaired) electrons. The number of nitrogens with one attached hydrogen (secondary N) is 1. The van der Waals surface area contributed by atoms with Crippen molar-refractivity contribution in [2.45, 2.75) is 13.0 Å². The Hall–Kier alpha value is -3.22. The fourth-order valence-corrected chi connectivity index (χ4v) is 2.87. The zero-order valence-electron chi connectivity index (χ0n) is 18.5. The van der Waals surface area contributed by atoms with Crippen LogP contribution < -0.4 is 14.8 Å². The van der Waals surface area contributed by atoms with Gasteiger partial charge in [-0.3, -0.25) is 4.79 Å². The smallest absolute Gasteiger partial charge is 0.243 e. The summed E-state index contributed by atoms with van der Waals surface area (Å²) in [6.45, 7) is 1.37. The van der Waals surface area contributed by atoms with Crippen molar-refractivity contribution in [2.75, 3.05) is 48.5 Å². The second-order valence-corrected chi connectivity index (χ2v) is 7.12. The molecule has 2 aromatic carbocycles. The van der Waals surface area contributed by atoms with Crippen molar-refractivity contribution in [3.8, 4) is 11.5 Å². The summed E-state index contributed by atoms with van der Waals surface area (Å²) in [7, 11) is 8.67. The van der Waals surface area contributed by atoms with Gasteiger partial charge in [-0.25, -0.2) is 4.99 Å². The molecule has 0 saturated heterocycles. The Balaban J connectivity index is 2.11. The Labute approximate surface area is 179 Å². The lowest BCUT2D eigenvalue weighted by Crippen LogP contribution is -2.40. The number of carbonyl (C=O) groups is 1. The largest absolute Gasteiger partial charge is 0.497 e. The molecule has 162 valence electrons. The van der Waals surface area contributed by atoms with Gasteiger partial charge in [0.2, 0.25) is 5.91 Å². The summed E-state index contributed by atoms with van der Waals surface area (Å²) in [5.74, 6) is 2.10. The number of hydrogen-bond donors (Lipinski definition) is 1. The van der Waals surface area contributed by atoms with Crippen LogP contribution in [0.1, 0.15) is 11.1 Å². The number of nitrogens with zero attached hydrogens (tertiary/aromatic N) is 3. The van der Waals surface area contributed by atoms with Gasteiger partial charge in [-0.15, -0.1) is 0 Å². The molecular weight excluding hydrogens is 380 g/mol. The van der Waals surface area contributed by atoms with Crippen LogP contribution in [0.4, 0.5) is 0 Å². The predicted octanol–water partition coefficient (Wildman–Crippen LogP) is 2.41. The first-order valence-electron chi connectivity index (χ1n) is 9.89. The van der Waals surface area contributed by atoms with E-state index in [0.29, 0.717) is 19.0 Å². The van der Waals surface area contributed by atoms with Gasteiger partial charge >= 0.3 is 0 Å². The van der Waals surface area contributed by atoms with E-state index in [9.17, 15) is 4.79 Å². The molecule has 0 aliphatic rings. The summed E-state index contributed by atoms with van der Waals surface area (Å²) in [5.41, 5.74) is 2.24. The van der Waals surface area contributed by atoms with Gasteiger partial charge in [-0.2, -0.15) is 0 Å². The quantitative estimate of drug-likeness (QED) is 0.506. The molecule has 2 rings (SSSR count). The van der Waals surface area contributed by atoms with Gasteiger partial charge in [0.25, 0.3) is 0 Å². The fourth-order valence-electron chi connectivity index (χ4n) is 2.87. The highest BCUT2D eigenvalue weighted by molar-refractivity contribution is 5.84. The molecule has 0 fully saturated rings. The second kappa shape index (κ2) is 11.7. The summed E-state index contributed by atoms with van der Waals surface area (Å²) < 4.78 is 10.8. The minimum Gasteiger partial charge on any atom is -0.497 e. The van der Waals surface area contributed by atoms with Crippen molar-refractivity contribution < 1.29 is 14.3 Å². The third-order valence-corrected chi connectivity index (χ3v) is 4.67. The molecule has 0 saturated carbocycles. The number of benzene rings is 2. The molecule has 7 heteroatoms. The number of ether oxygens (including phenoxy) is 2. The highest BCUT2D eigenvalue weighted by Gasteiger charge is 2.13. The lowest BCUT2D eigenvalue weighted by molar-refractivity contribution is -0.127. The average molecular weight is 413 g/mol. The third kappa shape index (κ3) is 6.99. The second-order valence-electron chi connectivity index (χ2n) is 7.12. The zero-order valence-corrected chi connectivity index (χ0v) is 18.5. The Bertz CT molecular complexity index is 838. The van der Waals surface area contributed by atoms with E-state index < -0.39 is 0 Å². The number of carbonyl (C=O) groups excluding carboxylic acids is 1. The van der Waals surface area contributed by atoms with E-state index in [1.165, 1.54) is 10.5 Å². The predicted molar refractivity (Wildman–Crippen MR) is 120 cm³/mol. The first-order valence-corrected chi connectivity index (χ1v) is 9.89. The van der Waals surface area contributed by atoms with E-state index in [1.54, 1.807) is 28.3 Å². The van der Waals surface area contributed by atoms with E-state index >= 15 is 0 Å². The van der Waals surface area contributed by atoms with Gasteiger partial charge in [0.1, 0.15) is 18.0 Å². The van der Waals surface area contributed by atoms with Gasteiger partial charge in [0.05, 0.1) is 14.2 Å². The van der Waals surface area contributed by atoms with Crippen molar-refractivity contribution in [3.63, 3.8) is 0 Å². The van der Waals surface area contributed by atoms with Crippen LogP contribution in [-0.4, -0.2) is 70.1 Å². The van der Waals surface area contributed by atoms with E-state index in [-0.39, 0.29) is 12.5 Å². The van der Waals surface area contributed by atoms with Gasteiger partial charge in [0.15, 0.2) is 5.96 Å². The number of methoxy groups -OCH3 is 2. The number of hydrogen-bond acceptors (Lipinski definition) is 4. The third-order valence-electron chi connectivity index (χ3n) is 4.67. The van der Waals surface area contributed by atoms with Crippen LogP contribution in [0.2, 0.25) is 0 Å². The molecule has 1 amide bonds. The van der Waals surface area contributed by atoms with E-state index in [1.807, 2.05) is 48.3 Å². The van der Waals surface area contributed by atoms with Crippen LogP contribution in [-0.2, 0) is 17.8 Å². The van der Waals surface area contributed by atoms with Gasteiger partial charge < -0.3 is 24.6 Å². The van der Waals surface area contributed by atoms with Crippen molar-refractivity contribution in [2.24, 2.45) is 4.99 Å². The standard InChI is InChI=1S/C23H32N4O3/c1-26(2)22(28)16-25-23(24-14-13-18-9-7-6-8-10-18)27(3)17-19-11-12-20(29-4)15-21(19)30-5/h6-12,15H,13-14,16-17H2,1-5H3,(H,24,25). The van der Waals surface area contributed by atoms with Crippen LogP contribution in [0.25, 0.3) is 0 Å². The maximum atomic E-state index is 12.0. The van der Waals surface area contributed by atoms with Crippen LogP contribution in [0.15, 0.2) is 53.5 Å². The summed E-state index contributed by atoms with van der Waals surface area (Å²) in [5, 5.41) is 3.38. The topological polar surface area (TPSA) is 66.4 Å². The minimum atomic E-state index is -0.0483. The molecule has 0 aromatic heterocycles. The average Bonchev–Trinajstić information content (AvgIpc) is 2.76. The zero-order chi connectivity index (χ0) is 21.9. The Morgan fingerprint density at radius 2 is 1.77 bits per heavy atom. The summed E-state index contributed by atoms with van der Waals surface area (Å²) in [6, 6.07) is 16.0. The highest BCUT2D eigenvalue weighted by atomic mass is 16.5. The monoisotopic (exact) mass is 412 g/mol. The molecule has 0 bridgehead atoms. The van der Waals surface area contributed by atoms with Gasteiger partial charge in [0, 0.05) is 45.9 Å². The minimum absolute atomic E-state index is 0.0483. The summed E-state index contributed by atoms with van der Waals surface area (Å²) >= 11 is 0. The Morgan fingerprint density at radius 1 is 1.03 bits per heavy atom. The maximum absolute atomic E-state index is 12.0. The van der Waals surface area contributed by atoms with Crippen LogP contribution in [0.5, 0.6) is 11.5 Å². The molecule has 30 heavy (non-hydrogen) atoms. The summed E-state index contributed by atoms with van der Waals surface area (Å²) in [4.78, 5) is 20.1. The molecule has 0 atom stereocenters. The van der Waals surface area contributed by atoms with Crippen molar-refractivity contribution in [1.82, 2.24) is 15.1 Å². The Morgan fingerprint density at radius 3 is 2.40 bits per heavy atom. The normalized spacial score (nSPS) is 11.0. The summed E-state index contributed by atoms with van der Waals surface area (Å²) in [6.07, 6.45) is 0.862.